The number of phenolic OH excluding ortho intramolecular Hbond substituents is 1. The van der Waals surface area contributed by atoms with Gasteiger partial charge in [-0.15, -0.1) is 0 Å². The summed E-state index contributed by atoms with van der Waals surface area (Å²) in [5.41, 5.74) is -11.7. The van der Waals surface area contributed by atoms with E-state index in [-0.39, 0.29) is 0 Å². The van der Waals surface area contributed by atoms with Crippen molar-refractivity contribution in [1.29, 1.82) is 0 Å². The van der Waals surface area contributed by atoms with E-state index in [1.165, 1.54) is 12.1 Å². The van der Waals surface area contributed by atoms with E-state index >= 15 is 0 Å². The number of rotatable bonds is 7. The van der Waals surface area contributed by atoms with Crippen molar-refractivity contribution in [3.63, 3.8) is 0 Å². The molecule has 1 aromatic carbocycles. The lowest BCUT2D eigenvalue weighted by atomic mass is 9.57. The summed E-state index contributed by atoms with van der Waals surface area (Å²) in [5, 5.41) is 53.7. The molecule has 1 aliphatic heterocycles. The smallest absolute Gasteiger partial charge is 0.344 e. The van der Waals surface area contributed by atoms with Gasteiger partial charge in [-0.25, -0.2) is 4.79 Å². The van der Waals surface area contributed by atoms with Gasteiger partial charge >= 0.3 is 11.8 Å². The third kappa shape index (κ3) is 3.21. The number of carbonyl (C=O) groups is 5. The fraction of sp³-hybridized carbons (Fsp3) is 0.476. The minimum Gasteiger partial charge on any atom is -0.507 e. The van der Waals surface area contributed by atoms with E-state index in [0.29, 0.717) is 27.7 Å². The number of Topliss-reactive ketones (excluding diaryl/α,β-unsaturated/α-hetero) is 4. The molecule has 12 heteroatoms. The zero-order valence-electron chi connectivity index (χ0n) is 18.2. The summed E-state index contributed by atoms with van der Waals surface area (Å²) in [5.74, 6) is -11.8. The number of ether oxygens (including phenoxy) is 2. The summed E-state index contributed by atoms with van der Waals surface area (Å²) in [7, 11) is 0. The number of ketones is 4. The van der Waals surface area contributed by atoms with Gasteiger partial charge in [-0.3, -0.25) is 19.2 Å². The van der Waals surface area contributed by atoms with Gasteiger partial charge in [0.2, 0.25) is 17.0 Å². The SMILES string of the molecule is CC(=O)C1(OC(=O)c2ccccc2O)O[C@H](CO)[C@](O)(C(C)=O)[C@@](O)(C(C)=O)[C@]1(O)C(C)=O. The molecule has 0 bridgehead atoms. The molecule has 1 unspecified atom stereocenters. The molecule has 1 saturated heterocycles. The molecule has 0 radical (unpaired) electrons. The first-order valence-corrected chi connectivity index (χ1v) is 9.60. The molecule has 1 aromatic rings. The van der Waals surface area contributed by atoms with Crippen LogP contribution in [0, 0.1) is 0 Å². The molecule has 1 heterocycles. The average molecular weight is 468 g/mol. The quantitative estimate of drug-likeness (QED) is 0.281. The summed E-state index contributed by atoms with van der Waals surface area (Å²) < 4.78 is 10.3. The van der Waals surface area contributed by atoms with Crippen LogP contribution in [0.1, 0.15) is 38.1 Å². The molecule has 180 valence electrons. The van der Waals surface area contributed by atoms with Crippen molar-refractivity contribution in [2.45, 2.75) is 56.4 Å². The van der Waals surface area contributed by atoms with Gasteiger partial charge in [-0.1, -0.05) is 12.1 Å². The molecule has 0 saturated carbocycles. The molecule has 5 N–H and O–H groups in total. The topological polar surface area (TPSA) is 205 Å². The van der Waals surface area contributed by atoms with Crippen LogP contribution >= 0.6 is 0 Å². The minimum absolute atomic E-state index is 0.563. The van der Waals surface area contributed by atoms with E-state index in [9.17, 15) is 49.5 Å². The molecule has 0 aliphatic carbocycles. The number of hydrogen-bond donors (Lipinski definition) is 5. The normalized spacial score (nSPS) is 33.8. The van der Waals surface area contributed by atoms with Gasteiger partial charge in [0.15, 0.2) is 23.0 Å². The van der Waals surface area contributed by atoms with Crippen LogP contribution in [-0.2, 0) is 28.7 Å². The monoisotopic (exact) mass is 468 g/mol. The molecule has 2 rings (SSSR count). The molecule has 1 aliphatic rings. The van der Waals surface area contributed by atoms with Gasteiger partial charge in [0.05, 0.1) is 6.61 Å². The highest BCUT2D eigenvalue weighted by atomic mass is 16.8. The van der Waals surface area contributed by atoms with Crippen LogP contribution in [0.2, 0.25) is 0 Å². The predicted octanol–water partition coefficient (Wildman–Crippen LogP) is -1.81. The Balaban J connectivity index is 2.95. The molecule has 0 amide bonds. The number of aliphatic hydroxyl groups excluding tert-OH is 1. The van der Waals surface area contributed by atoms with Crippen molar-refractivity contribution in [3.05, 3.63) is 29.8 Å². The van der Waals surface area contributed by atoms with Crippen LogP contribution < -0.4 is 0 Å². The maximum atomic E-state index is 12.8. The Kier molecular flexibility index (Phi) is 6.67. The molecular formula is C21H24O12. The molecule has 5 atom stereocenters. The number of aromatic hydroxyl groups is 1. The molecule has 33 heavy (non-hydrogen) atoms. The van der Waals surface area contributed by atoms with Crippen molar-refractivity contribution in [2.75, 3.05) is 6.61 Å². The average Bonchev–Trinajstić information content (AvgIpc) is 2.73. The molecule has 12 nitrogen and oxygen atoms in total. The highest BCUT2D eigenvalue weighted by Gasteiger charge is 2.85. The Morgan fingerprint density at radius 1 is 0.879 bits per heavy atom. The van der Waals surface area contributed by atoms with E-state index in [0.717, 1.165) is 12.1 Å². The van der Waals surface area contributed by atoms with Crippen molar-refractivity contribution < 1.29 is 59.0 Å². The fourth-order valence-corrected chi connectivity index (χ4v) is 4.12. The zero-order valence-corrected chi connectivity index (χ0v) is 18.2. The lowest BCUT2D eigenvalue weighted by molar-refractivity contribution is -0.388. The fourth-order valence-electron chi connectivity index (χ4n) is 4.12. The number of benzene rings is 1. The van der Waals surface area contributed by atoms with E-state index in [4.69, 9.17) is 9.47 Å². The second kappa shape index (κ2) is 8.39. The lowest BCUT2D eigenvalue weighted by Gasteiger charge is -2.60. The highest BCUT2D eigenvalue weighted by molar-refractivity contribution is 6.09. The Labute approximate surface area is 187 Å². The number of esters is 1. The second-order valence-corrected chi connectivity index (χ2v) is 7.72. The van der Waals surface area contributed by atoms with Crippen LogP contribution in [-0.4, -0.2) is 89.9 Å². The van der Waals surface area contributed by atoms with Crippen LogP contribution in [0.5, 0.6) is 5.75 Å². The van der Waals surface area contributed by atoms with Gasteiger partial charge < -0.3 is 35.0 Å². The number of para-hydroxylation sites is 1. The Morgan fingerprint density at radius 2 is 1.39 bits per heavy atom. The Hall–Kier alpha value is -3.03. The molecule has 0 aromatic heterocycles. The van der Waals surface area contributed by atoms with Crippen molar-refractivity contribution in [2.24, 2.45) is 0 Å². The first-order chi connectivity index (χ1) is 15.1. The third-order valence-electron chi connectivity index (χ3n) is 5.87. The van der Waals surface area contributed by atoms with Gasteiger partial charge in [0.25, 0.3) is 0 Å². The number of phenols is 1. The first kappa shape index (κ1) is 26.2. The van der Waals surface area contributed by atoms with Gasteiger partial charge in [0, 0.05) is 6.92 Å². The van der Waals surface area contributed by atoms with E-state index < -0.39 is 75.7 Å². The molecule has 1 fully saturated rings. The summed E-state index contributed by atoms with van der Waals surface area (Å²) in [6.45, 7) is 1.19. The van der Waals surface area contributed by atoms with Crippen molar-refractivity contribution >= 4 is 29.1 Å². The molecule has 0 spiro atoms. The Morgan fingerprint density at radius 3 is 1.79 bits per heavy atom. The number of hydrogen-bond acceptors (Lipinski definition) is 12. The maximum Gasteiger partial charge on any atom is 0.344 e. The van der Waals surface area contributed by atoms with Crippen molar-refractivity contribution in [3.8, 4) is 5.75 Å². The highest BCUT2D eigenvalue weighted by Crippen LogP contribution is 2.52. The third-order valence-corrected chi connectivity index (χ3v) is 5.87. The largest absolute Gasteiger partial charge is 0.507 e. The summed E-state index contributed by atoms with van der Waals surface area (Å²) in [4.78, 5) is 63.4. The number of aliphatic hydroxyl groups is 4. The molecular weight excluding hydrogens is 444 g/mol. The lowest BCUT2D eigenvalue weighted by Crippen LogP contribution is -2.91. The minimum atomic E-state index is -3.87. The van der Waals surface area contributed by atoms with Crippen LogP contribution in [0.15, 0.2) is 24.3 Å². The maximum absolute atomic E-state index is 12.8. The van der Waals surface area contributed by atoms with Crippen LogP contribution in [0.4, 0.5) is 0 Å². The number of carbonyl (C=O) groups excluding carboxylic acids is 5. The van der Waals surface area contributed by atoms with E-state index in [2.05, 4.69) is 0 Å². The first-order valence-electron chi connectivity index (χ1n) is 9.60. The second-order valence-electron chi connectivity index (χ2n) is 7.72. The predicted molar refractivity (Wildman–Crippen MR) is 106 cm³/mol. The van der Waals surface area contributed by atoms with Crippen LogP contribution in [0.3, 0.4) is 0 Å². The summed E-state index contributed by atoms with van der Waals surface area (Å²) >= 11 is 0. The van der Waals surface area contributed by atoms with Gasteiger partial charge in [-0.05, 0) is 32.9 Å². The Bertz CT molecular complexity index is 1030. The van der Waals surface area contributed by atoms with E-state index in [1.807, 2.05) is 0 Å². The van der Waals surface area contributed by atoms with Crippen LogP contribution in [0.25, 0.3) is 0 Å². The zero-order chi connectivity index (χ0) is 25.6. The van der Waals surface area contributed by atoms with Gasteiger partial charge in [0.1, 0.15) is 17.4 Å². The summed E-state index contributed by atoms with van der Waals surface area (Å²) in [6.07, 6.45) is -2.33. The standard InChI is InChI=1S/C21H24O12/c1-10(23)18(29)16(9-22)32-21(13(4)26,20(31,12(3)25)19(18,30)11(2)24)33-17(28)14-7-5-6-8-15(14)27/h5-8,16,22,27,29-31H,9H2,1-4H3/t16-,18-,19+,20-,21?/m1/s1. The van der Waals surface area contributed by atoms with Gasteiger partial charge in [-0.2, -0.15) is 0 Å². The van der Waals surface area contributed by atoms with Crippen molar-refractivity contribution in [1.82, 2.24) is 0 Å². The summed E-state index contributed by atoms with van der Waals surface area (Å²) in [6, 6.07) is 4.77. The van der Waals surface area contributed by atoms with E-state index in [1.54, 1.807) is 0 Å².